The molecule has 1 fully saturated rings. The van der Waals surface area contributed by atoms with Crippen molar-refractivity contribution in [3.8, 4) is 0 Å². The Kier molecular flexibility index (Phi) is 4.43. The van der Waals surface area contributed by atoms with Crippen LogP contribution in [-0.2, 0) is 0 Å². The van der Waals surface area contributed by atoms with Gasteiger partial charge in [-0.15, -0.1) is 0 Å². The van der Waals surface area contributed by atoms with Crippen LogP contribution in [0.4, 0.5) is 5.69 Å². The predicted octanol–water partition coefficient (Wildman–Crippen LogP) is 5.21. The second-order valence-corrected chi connectivity index (χ2v) is 7.86. The van der Waals surface area contributed by atoms with Gasteiger partial charge in [-0.3, -0.25) is 4.90 Å². The molecule has 2 heterocycles. The minimum absolute atomic E-state index is 0.483. The van der Waals surface area contributed by atoms with Crippen LogP contribution in [0.2, 0.25) is 0 Å². The molecule has 0 aromatic heterocycles. The zero-order valence-corrected chi connectivity index (χ0v) is 15.5. The average molecular weight is 354 g/mol. The van der Waals surface area contributed by atoms with Crippen LogP contribution in [0.1, 0.15) is 17.9 Å². The summed E-state index contributed by atoms with van der Waals surface area (Å²) < 4.78 is 0. The van der Waals surface area contributed by atoms with E-state index in [0.717, 1.165) is 19.5 Å². The Bertz CT molecular complexity index is 866. The topological polar surface area (TPSA) is 15.3 Å². The molecule has 0 amide bonds. The van der Waals surface area contributed by atoms with E-state index in [2.05, 4.69) is 101 Å². The van der Waals surface area contributed by atoms with E-state index in [1.165, 1.54) is 16.9 Å². The molecular formula is C25H26N2. The summed E-state index contributed by atoms with van der Waals surface area (Å²) in [6.07, 6.45) is 12.9. The zero-order valence-electron chi connectivity index (χ0n) is 15.5. The van der Waals surface area contributed by atoms with Gasteiger partial charge in [-0.1, -0.05) is 72.8 Å². The number of anilines is 1. The summed E-state index contributed by atoms with van der Waals surface area (Å²) in [5.41, 5.74) is 4.02. The van der Waals surface area contributed by atoms with Crippen LogP contribution in [0.15, 0.2) is 96.7 Å². The fourth-order valence-electron chi connectivity index (χ4n) is 4.97. The maximum Gasteiger partial charge on any atom is 0.0381 e. The van der Waals surface area contributed by atoms with E-state index in [4.69, 9.17) is 0 Å². The van der Waals surface area contributed by atoms with Crippen LogP contribution in [0.25, 0.3) is 0 Å². The second kappa shape index (κ2) is 7.21. The van der Waals surface area contributed by atoms with Crippen molar-refractivity contribution >= 4 is 5.69 Å². The van der Waals surface area contributed by atoms with Crippen molar-refractivity contribution in [2.75, 3.05) is 18.4 Å². The molecule has 2 heteroatoms. The van der Waals surface area contributed by atoms with Crippen LogP contribution in [0.5, 0.6) is 0 Å². The van der Waals surface area contributed by atoms with Crippen molar-refractivity contribution in [2.24, 2.45) is 11.8 Å². The Labute approximate surface area is 161 Å². The van der Waals surface area contributed by atoms with Crippen molar-refractivity contribution in [3.05, 3.63) is 102 Å². The molecule has 4 atom stereocenters. The van der Waals surface area contributed by atoms with Gasteiger partial charge in [0.25, 0.3) is 0 Å². The molecule has 2 aromatic carbocycles. The molecule has 4 unspecified atom stereocenters. The molecule has 136 valence electrons. The third-order valence-electron chi connectivity index (χ3n) is 6.28. The van der Waals surface area contributed by atoms with Crippen LogP contribution in [0, 0.1) is 11.8 Å². The number of fused-ring (bicyclic) bond motifs is 3. The molecule has 27 heavy (non-hydrogen) atoms. The summed E-state index contributed by atoms with van der Waals surface area (Å²) >= 11 is 0. The first-order valence-corrected chi connectivity index (χ1v) is 10.1. The summed E-state index contributed by atoms with van der Waals surface area (Å²) in [7, 11) is 0. The standard InChI is InChI=1S/C25H26N2/c1-3-9-19(10-4-1)24-18-27-16-15-21(26-20-11-5-2-6-12-20)17-25(27)23-14-8-7-13-22(23)24/h1-14,17,22-26H,15-16,18H2. The summed E-state index contributed by atoms with van der Waals surface area (Å²) in [6, 6.07) is 22.1. The van der Waals surface area contributed by atoms with Crippen molar-refractivity contribution in [1.29, 1.82) is 0 Å². The van der Waals surface area contributed by atoms with Gasteiger partial charge in [0.2, 0.25) is 0 Å². The summed E-state index contributed by atoms with van der Waals surface area (Å²) in [5.74, 6) is 1.69. The molecule has 0 spiro atoms. The molecular weight excluding hydrogens is 328 g/mol. The Balaban J connectivity index is 1.43. The highest BCUT2D eigenvalue weighted by Gasteiger charge is 2.42. The van der Waals surface area contributed by atoms with E-state index in [9.17, 15) is 0 Å². The molecule has 0 saturated carbocycles. The highest BCUT2D eigenvalue weighted by molar-refractivity contribution is 5.48. The molecule has 3 aliphatic rings. The first-order chi connectivity index (χ1) is 13.4. The minimum atomic E-state index is 0.483. The highest BCUT2D eigenvalue weighted by Crippen LogP contribution is 2.44. The van der Waals surface area contributed by atoms with Gasteiger partial charge in [-0.05, 0) is 36.1 Å². The van der Waals surface area contributed by atoms with E-state index in [-0.39, 0.29) is 0 Å². The highest BCUT2D eigenvalue weighted by atomic mass is 15.2. The Hall–Kier alpha value is -2.58. The van der Waals surface area contributed by atoms with Crippen LogP contribution < -0.4 is 5.32 Å². The Morgan fingerprint density at radius 1 is 0.815 bits per heavy atom. The van der Waals surface area contributed by atoms with Gasteiger partial charge >= 0.3 is 0 Å². The van der Waals surface area contributed by atoms with E-state index in [0.29, 0.717) is 23.8 Å². The summed E-state index contributed by atoms with van der Waals surface area (Å²) in [4.78, 5) is 2.69. The average Bonchev–Trinajstić information content (AvgIpc) is 2.75. The number of hydrogen-bond donors (Lipinski definition) is 1. The van der Waals surface area contributed by atoms with Crippen molar-refractivity contribution < 1.29 is 0 Å². The Morgan fingerprint density at radius 3 is 2.30 bits per heavy atom. The minimum Gasteiger partial charge on any atom is -0.359 e. The quantitative estimate of drug-likeness (QED) is 0.814. The fraction of sp³-hybridized carbons (Fsp3) is 0.280. The van der Waals surface area contributed by atoms with Crippen LogP contribution in [0.3, 0.4) is 0 Å². The monoisotopic (exact) mass is 354 g/mol. The van der Waals surface area contributed by atoms with E-state index in [1.54, 1.807) is 0 Å². The van der Waals surface area contributed by atoms with Gasteiger partial charge in [0.15, 0.2) is 0 Å². The lowest BCUT2D eigenvalue weighted by atomic mass is 9.68. The number of benzene rings is 2. The number of hydrogen-bond acceptors (Lipinski definition) is 2. The maximum atomic E-state index is 3.64. The normalized spacial score (nSPS) is 29.6. The molecule has 1 aliphatic carbocycles. The summed E-state index contributed by atoms with van der Waals surface area (Å²) in [5, 5.41) is 3.64. The SMILES string of the molecule is C1=CC2C(c3ccccc3)CN3CCC(Nc4ccccc4)=CC3C2C=C1. The number of rotatable bonds is 3. The van der Waals surface area contributed by atoms with Gasteiger partial charge in [-0.2, -0.15) is 0 Å². The smallest absolute Gasteiger partial charge is 0.0381 e. The lowest BCUT2D eigenvalue weighted by Crippen LogP contribution is -2.53. The maximum absolute atomic E-state index is 3.64. The number of nitrogens with zero attached hydrogens (tertiary/aromatic N) is 1. The van der Waals surface area contributed by atoms with Crippen molar-refractivity contribution in [2.45, 2.75) is 18.4 Å². The van der Waals surface area contributed by atoms with Gasteiger partial charge in [0, 0.05) is 42.4 Å². The van der Waals surface area contributed by atoms with E-state index >= 15 is 0 Å². The molecule has 1 N–H and O–H groups in total. The first kappa shape index (κ1) is 16.6. The van der Waals surface area contributed by atoms with E-state index in [1.807, 2.05) is 0 Å². The van der Waals surface area contributed by atoms with Gasteiger partial charge in [0.1, 0.15) is 0 Å². The van der Waals surface area contributed by atoms with Gasteiger partial charge < -0.3 is 5.32 Å². The Morgan fingerprint density at radius 2 is 1.52 bits per heavy atom. The van der Waals surface area contributed by atoms with Crippen LogP contribution >= 0.6 is 0 Å². The third kappa shape index (κ3) is 3.26. The van der Waals surface area contributed by atoms with Crippen molar-refractivity contribution in [1.82, 2.24) is 4.90 Å². The van der Waals surface area contributed by atoms with Crippen LogP contribution in [-0.4, -0.2) is 24.0 Å². The molecule has 1 saturated heterocycles. The molecule has 2 nitrogen and oxygen atoms in total. The zero-order chi connectivity index (χ0) is 18.1. The van der Waals surface area contributed by atoms with Gasteiger partial charge in [-0.25, -0.2) is 0 Å². The number of allylic oxidation sites excluding steroid dienone is 3. The number of nitrogens with one attached hydrogen (secondary N) is 1. The number of para-hydroxylation sites is 1. The largest absolute Gasteiger partial charge is 0.359 e. The molecule has 0 bridgehead atoms. The first-order valence-electron chi connectivity index (χ1n) is 10.1. The third-order valence-corrected chi connectivity index (χ3v) is 6.28. The van der Waals surface area contributed by atoms with Gasteiger partial charge in [0.05, 0.1) is 0 Å². The van der Waals surface area contributed by atoms with E-state index < -0.39 is 0 Å². The molecule has 2 aromatic rings. The van der Waals surface area contributed by atoms with Crippen molar-refractivity contribution in [3.63, 3.8) is 0 Å². The summed E-state index contributed by atoms with van der Waals surface area (Å²) in [6.45, 7) is 2.27. The molecule has 0 radical (unpaired) electrons. The molecule has 5 rings (SSSR count). The predicted molar refractivity (Wildman–Crippen MR) is 113 cm³/mol. The fourth-order valence-corrected chi connectivity index (χ4v) is 4.97. The lowest BCUT2D eigenvalue weighted by molar-refractivity contribution is 0.0911. The lowest BCUT2D eigenvalue weighted by Gasteiger charge is -2.50. The second-order valence-electron chi connectivity index (χ2n) is 7.86. The molecule has 2 aliphatic heterocycles. The number of piperidine rings is 1.